The second-order valence-electron chi connectivity index (χ2n) is 6.58. The quantitative estimate of drug-likeness (QED) is 0.791. The van der Waals surface area contributed by atoms with Crippen LogP contribution in [0.4, 0.5) is 0 Å². The highest BCUT2D eigenvalue weighted by Crippen LogP contribution is 2.46. The summed E-state index contributed by atoms with van der Waals surface area (Å²) in [6, 6.07) is 8.15. The van der Waals surface area contributed by atoms with Crippen LogP contribution in [-0.4, -0.2) is 45.0 Å². The Morgan fingerprint density at radius 2 is 2.12 bits per heavy atom. The van der Waals surface area contributed by atoms with Crippen LogP contribution in [0, 0.1) is 0 Å². The predicted molar refractivity (Wildman–Crippen MR) is 93.8 cm³/mol. The van der Waals surface area contributed by atoms with Gasteiger partial charge in [-0.2, -0.15) is 0 Å². The topological polar surface area (TPSA) is 56.8 Å². The minimum absolute atomic E-state index is 0.0326. The molecule has 1 N–H and O–H groups in total. The van der Waals surface area contributed by atoms with Crippen LogP contribution in [0.2, 0.25) is 0 Å². The van der Waals surface area contributed by atoms with E-state index >= 15 is 0 Å². The van der Waals surface area contributed by atoms with E-state index in [1.807, 2.05) is 12.1 Å². The highest BCUT2D eigenvalue weighted by Gasteiger charge is 2.46. The smallest absolute Gasteiger partial charge is 0.331 e. The largest absolute Gasteiger partial charge is 0.467 e. The van der Waals surface area contributed by atoms with Crippen molar-refractivity contribution in [3.05, 3.63) is 34.3 Å². The molecule has 1 aromatic carbocycles. The van der Waals surface area contributed by atoms with Crippen LogP contribution in [-0.2, 0) is 24.6 Å². The van der Waals surface area contributed by atoms with Crippen molar-refractivity contribution in [1.29, 1.82) is 0 Å². The Bertz CT molecular complexity index is 576. The lowest BCUT2D eigenvalue weighted by Gasteiger charge is -2.48. The van der Waals surface area contributed by atoms with Gasteiger partial charge in [0.15, 0.2) is 0 Å². The highest BCUT2D eigenvalue weighted by atomic mass is 79.9. The van der Waals surface area contributed by atoms with E-state index in [9.17, 15) is 4.79 Å². The van der Waals surface area contributed by atoms with Crippen molar-refractivity contribution in [3.63, 3.8) is 0 Å². The first-order chi connectivity index (χ1) is 11.6. The molecule has 1 saturated carbocycles. The van der Waals surface area contributed by atoms with E-state index in [1.54, 1.807) is 0 Å². The molecule has 0 radical (unpaired) electrons. The van der Waals surface area contributed by atoms with Crippen LogP contribution in [0.25, 0.3) is 0 Å². The molecule has 1 saturated heterocycles. The van der Waals surface area contributed by atoms with Crippen molar-refractivity contribution in [2.24, 2.45) is 0 Å². The molecule has 132 valence electrons. The van der Waals surface area contributed by atoms with Gasteiger partial charge in [-0.15, -0.1) is 0 Å². The number of methoxy groups -OCH3 is 1. The van der Waals surface area contributed by atoms with E-state index in [4.69, 9.17) is 14.2 Å². The number of rotatable bonds is 4. The van der Waals surface area contributed by atoms with Crippen LogP contribution < -0.4 is 5.32 Å². The van der Waals surface area contributed by atoms with Gasteiger partial charge >= 0.3 is 5.97 Å². The average molecular weight is 398 g/mol. The summed E-state index contributed by atoms with van der Waals surface area (Å²) in [5.41, 5.74) is 0.534. The molecule has 24 heavy (non-hydrogen) atoms. The SMILES string of the molecule is COC(=O)COC1(c2cccc(Br)c2)CCC2(CC1)CNCCO2. The fourth-order valence-electron chi connectivity index (χ4n) is 3.68. The molecule has 5 nitrogen and oxygen atoms in total. The van der Waals surface area contributed by atoms with Crippen LogP contribution >= 0.6 is 15.9 Å². The molecule has 0 atom stereocenters. The Kier molecular flexibility index (Phi) is 5.59. The van der Waals surface area contributed by atoms with Gasteiger partial charge in [-0.3, -0.25) is 0 Å². The Labute approximate surface area is 151 Å². The first kappa shape index (κ1) is 17.9. The first-order valence-corrected chi connectivity index (χ1v) is 9.18. The monoisotopic (exact) mass is 397 g/mol. The van der Waals surface area contributed by atoms with Crippen molar-refractivity contribution in [2.75, 3.05) is 33.4 Å². The zero-order chi connectivity index (χ0) is 17.0. The van der Waals surface area contributed by atoms with E-state index in [0.717, 1.165) is 55.4 Å². The lowest BCUT2D eigenvalue weighted by Crippen LogP contribution is -2.54. The molecule has 1 aromatic rings. The summed E-state index contributed by atoms with van der Waals surface area (Å²) >= 11 is 3.53. The third-order valence-corrected chi connectivity index (χ3v) is 5.64. The number of carbonyl (C=O) groups excluding carboxylic acids is 1. The number of hydrogen-bond donors (Lipinski definition) is 1. The Balaban J connectivity index is 1.80. The van der Waals surface area contributed by atoms with Gasteiger partial charge < -0.3 is 19.5 Å². The number of halogens is 1. The molecule has 1 heterocycles. The summed E-state index contributed by atoms with van der Waals surface area (Å²) < 4.78 is 18.0. The molecule has 3 rings (SSSR count). The molecule has 0 unspecified atom stereocenters. The maximum Gasteiger partial charge on any atom is 0.331 e. The number of carbonyl (C=O) groups is 1. The van der Waals surface area contributed by atoms with Crippen LogP contribution in [0.1, 0.15) is 31.2 Å². The summed E-state index contributed by atoms with van der Waals surface area (Å²) in [4.78, 5) is 11.6. The average Bonchev–Trinajstić information content (AvgIpc) is 2.62. The summed E-state index contributed by atoms with van der Waals surface area (Å²) in [5.74, 6) is -0.347. The minimum Gasteiger partial charge on any atom is -0.467 e. The van der Waals surface area contributed by atoms with Crippen molar-refractivity contribution in [3.8, 4) is 0 Å². The lowest BCUT2D eigenvalue weighted by atomic mass is 9.72. The Morgan fingerprint density at radius 1 is 1.33 bits per heavy atom. The second-order valence-corrected chi connectivity index (χ2v) is 7.49. The normalized spacial score (nSPS) is 30.2. The number of benzene rings is 1. The number of nitrogens with one attached hydrogen (secondary N) is 1. The lowest BCUT2D eigenvalue weighted by molar-refractivity contribution is -0.170. The zero-order valence-corrected chi connectivity index (χ0v) is 15.6. The fraction of sp³-hybridized carbons (Fsp3) is 0.611. The van der Waals surface area contributed by atoms with Gasteiger partial charge in [0, 0.05) is 17.6 Å². The van der Waals surface area contributed by atoms with Crippen LogP contribution in [0.15, 0.2) is 28.7 Å². The van der Waals surface area contributed by atoms with Gasteiger partial charge in [-0.05, 0) is 43.4 Å². The van der Waals surface area contributed by atoms with Gasteiger partial charge in [-0.25, -0.2) is 4.79 Å². The van der Waals surface area contributed by atoms with Gasteiger partial charge in [0.1, 0.15) is 6.61 Å². The van der Waals surface area contributed by atoms with E-state index in [-0.39, 0.29) is 18.2 Å². The van der Waals surface area contributed by atoms with E-state index < -0.39 is 5.60 Å². The zero-order valence-electron chi connectivity index (χ0n) is 14.0. The van der Waals surface area contributed by atoms with Crippen molar-refractivity contribution >= 4 is 21.9 Å². The molecule has 0 amide bonds. The third kappa shape index (κ3) is 3.82. The maximum atomic E-state index is 11.6. The first-order valence-electron chi connectivity index (χ1n) is 8.39. The van der Waals surface area contributed by atoms with Gasteiger partial charge in [-0.1, -0.05) is 28.1 Å². The molecule has 1 aliphatic heterocycles. The standard InChI is InChI=1S/C18H24BrNO4/c1-22-16(21)12-24-18(14-3-2-4-15(19)11-14)7-5-17(6-8-18)13-20-9-10-23-17/h2-4,11,20H,5-10,12-13H2,1H3. The molecule has 6 heteroatoms. The summed E-state index contributed by atoms with van der Waals surface area (Å²) in [5, 5.41) is 3.43. The third-order valence-electron chi connectivity index (χ3n) is 5.15. The van der Waals surface area contributed by atoms with E-state index in [2.05, 4.69) is 33.4 Å². The summed E-state index contributed by atoms with van der Waals surface area (Å²) in [6.45, 7) is 2.53. The molecule has 0 bridgehead atoms. The van der Waals surface area contributed by atoms with Crippen molar-refractivity contribution < 1.29 is 19.0 Å². The molecule has 1 aliphatic carbocycles. The van der Waals surface area contributed by atoms with Crippen LogP contribution in [0.5, 0.6) is 0 Å². The molecule has 0 aromatic heterocycles. The second kappa shape index (κ2) is 7.52. The van der Waals surface area contributed by atoms with Gasteiger partial charge in [0.25, 0.3) is 0 Å². The van der Waals surface area contributed by atoms with Gasteiger partial charge in [0.05, 0.1) is 24.9 Å². The molecule has 2 fully saturated rings. The maximum absolute atomic E-state index is 11.6. The number of ether oxygens (including phenoxy) is 3. The number of esters is 1. The minimum atomic E-state index is -0.468. The Hall–Kier alpha value is -0.950. The molecule has 1 spiro atoms. The fourth-order valence-corrected chi connectivity index (χ4v) is 4.08. The number of morpholine rings is 1. The highest BCUT2D eigenvalue weighted by molar-refractivity contribution is 9.10. The van der Waals surface area contributed by atoms with E-state index in [0.29, 0.717) is 0 Å². The van der Waals surface area contributed by atoms with Crippen molar-refractivity contribution in [2.45, 2.75) is 36.9 Å². The molecule has 2 aliphatic rings. The molecular formula is C18H24BrNO4. The summed E-state index contributed by atoms with van der Waals surface area (Å²) in [7, 11) is 1.38. The number of hydrogen-bond acceptors (Lipinski definition) is 5. The Morgan fingerprint density at radius 3 is 2.75 bits per heavy atom. The van der Waals surface area contributed by atoms with Gasteiger partial charge in [0.2, 0.25) is 0 Å². The van der Waals surface area contributed by atoms with Crippen molar-refractivity contribution in [1.82, 2.24) is 5.32 Å². The predicted octanol–water partition coefficient (Wildman–Crippen LogP) is 2.77. The van der Waals surface area contributed by atoms with E-state index in [1.165, 1.54) is 7.11 Å². The summed E-state index contributed by atoms with van der Waals surface area (Å²) in [6.07, 6.45) is 3.46. The molecular weight excluding hydrogens is 374 g/mol. The van der Waals surface area contributed by atoms with Crippen LogP contribution in [0.3, 0.4) is 0 Å².